The van der Waals surface area contributed by atoms with Crippen molar-refractivity contribution in [3.8, 4) is 40.0 Å². The summed E-state index contributed by atoms with van der Waals surface area (Å²) in [5, 5.41) is 18.8. The summed E-state index contributed by atoms with van der Waals surface area (Å²) in [5.41, 5.74) is 3.65. The van der Waals surface area contributed by atoms with E-state index in [2.05, 4.69) is 33.5 Å². The molecular weight excluding hydrogens is 543 g/mol. The molecule has 0 unspecified atom stereocenters. The third-order valence-corrected chi connectivity index (χ3v) is 6.15. The van der Waals surface area contributed by atoms with Crippen LogP contribution in [-0.4, -0.2) is 29.5 Å². The van der Waals surface area contributed by atoms with Crippen LogP contribution in [0.25, 0.3) is 38.7 Å². The van der Waals surface area contributed by atoms with Gasteiger partial charge < -0.3 is 9.53 Å². The molecule has 8 nitrogen and oxygen atoms in total. The normalized spacial score (nSPS) is 12.7. The molecule has 0 fully saturated rings. The molecule has 5 aromatic rings. The van der Waals surface area contributed by atoms with Crippen molar-refractivity contribution in [3.05, 3.63) is 102 Å². The number of hydrogen-bond donors (Lipinski definition) is 0. The van der Waals surface area contributed by atoms with Crippen molar-refractivity contribution in [1.82, 2.24) is 29.5 Å². The number of nitriles is 1. The summed E-state index contributed by atoms with van der Waals surface area (Å²) in [6.45, 7) is 11.8. The van der Waals surface area contributed by atoms with Crippen molar-refractivity contribution >= 4 is 5.82 Å². The van der Waals surface area contributed by atoms with E-state index in [1.54, 1.807) is 0 Å². The van der Waals surface area contributed by atoms with E-state index < -0.39 is 5.41 Å². The summed E-state index contributed by atoms with van der Waals surface area (Å²) in [7, 11) is 0. The van der Waals surface area contributed by atoms with Gasteiger partial charge in [0.1, 0.15) is 0 Å². The summed E-state index contributed by atoms with van der Waals surface area (Å²) >= 11 is 0. The predicted molar refractivity (Wildman–Crippen MR) is 128 cm³/mol. The van der Waals surface area contributed by atoms with Crippen LogP contribution < -0.4 is 0 Å². The van der Waals surface area contributed by atoms with Crippen LogP contribution in [-0.2, 0) is 25.8 Å². The molecule has 8 bridgehead atoms. The fourth-order valence-corrected chi connectivity index (χ4v) is 4.23. The van der Waals surface area contributed by atoms with Crippen molar-refractivity contribution in [3.63, 3.8) is 0 Å². The second-order valence-electron chi connectivity index (χ2n) is 8.63. The van der Waals surface area contributed by atoms with E-state index in [1.807, 2.05) is 74.5 Å². The average molecular weight is 559 g/mol. The van der Waals surface area contributed by atoms with Crippen LogP contribution in [0.15, 0.2) is 60.7 Å². The minimum atomic E-state index is -0.554. The van der Waals surface area contributed by atoms with Crippen molar-refractivity contribution < 1.29 is 20.4 Å². The van der Waals surface area contributed by atoms with Crippen LogP contribution in [0.1, 0.15) is 30.9 Å². The van der Waals surface area contributed by atoms with Gasteiger partial charge in [0, 0.05) is 21.9 Å². The van der Waals surface area contributed by atoms with Gasteiger partial charge in [-0.25, -0.2) is 15.0 Å². The molecule has 0 aliphatic carbocycles. The Hall–Kier alpha value is -4.42. The fourth-order valence-electron chi connectivity index (χ4n) is 4.23. The Morgan fingerprint density at radius 3 is 1.97 bits per heavy atom. The van der Waals surface area contributed by atoms with Crippen molar-refractivity contribution in [2.45, 2.75) is 19.3 Å². The van der Waals surface area contributed by atoms with Gasteiger partial charge in [-0.3, -0.25) is 9.97 Å². The summed E-state index contributed by atoms with van der Waals surface area (Å²) in [5.74, 6) is 1.28. The minimum absolute atomic E-state index is 0. The summed E-state index contributed by atoms with van der Waals surface area (Å²) in [4.78, 5) is 13.4. The van der Waals surface area contributed by atoms with Crippen LogP contribution in [0.2, 0.25) is 0 Å². The zero-order chi connectivity index (χ0) is 24.2. The van der Waals surface area contributed by atoms with Gasteiger partial charge in [-0.1, -0.05) is 48.5 Å². The Bertz CT molecular complexity index is 1590. The number of benzene rings is 1. The second-order valence-corrected chi connectivity index (χ2v) is 8.63. The molecule has 9 heteroatoms. The first-order valence-electron chi connectivity index (χ1n) is 10.9. The second kappa shape index (κ2) is 8.66. The molecule has 0 spiro atoms. The number of aromatic nitrogens is 6. The van der Waals surface area contributed by atoms with Gasteiger partial charge >= 0.3 is 26.2 Å². The third-order valence-electron chi connectivity index (χ3n) is 6.15. The molecular formula is C27H16N8Pd. The van der Waals surface area contributed by atoms with Crippen LogP contribution in [0.3, 0.4) is 0 Å². The van der Waals surface area contributed by atoms with Crippen LogP contribution in [0, 0.1) is 30.3 Å². The molecule has 0 amide bonds. The van der Waals surface area contributed by atoms with Gasteiger partial charge in [-0.05, 0) is 43.9 Å². The smallest absolute Gasteiger partial charge is 0.315 e. The number of nitrogens with zero attached hydrogens (tertiary/aromatic N) is 8. The molecule has 6 rings (SSSR count). The molecule has 36 heavy (non-hydrogen) atoms. The zero-order valence-corrected chi connectivity index (χ0v) is 20.7. The quantitative estimate of drug-likeness (QED) is 0.200. The van der Waals surface area contributed by atoms with E-state index in [4.69, 9.17) is 16.5 Å². The van der Waals surface area contributed by atoms with Gasteiger partial charge in [0.25, 0.3) is 0 Å². The zero-order valence-electron chi connectivity index (χ0n) is 19.2. The summed E-state index contributed by atoms with van der Waals surface area (Å²) < 4.78 is 3.00. The van der Waals surface area contributed by atoms with E-state index in [0.29, 0.717) is 33.9 Å². The van der Waals surface area contributed by atoms with Gasteiger partial charge in [0.05, 0.1) is 23.4 Å². The van der Waals surface area contributed by atoms with Crippen LogP contribution in [0.4, 0.5) is 5.82 Å². The van der Waals surface area contributed by atoms with Gasteiger partial charge in [-0.2, -0.15) is 0 Å². The Labute approximate surface area is 221 Å². The van der Waals surface area contributed by atoms with E-state index in [9.17, 15) is 5.26 Å². The largest absolute Gasteiger partial charge is 2.00 e. The Kier molecular flexibility index (Phi) is 5.61. The number of hydrogen-bond acceptors (Lipinski definition) is 5. The number of fused-ring (bicyclic) bond motifs is 13. The Morgan fingerprint density at radius 2 is 1.39 bits per heavy atom. The molecule has 1 aliphatic heterocycles. The van der Waals surface area contributed by atoms with Crippen molar-refractivity contribution in [1.29, 1.82) is 5.26 Å². The molecule has 5 heterocycles. The van der Waals surface area contributed by atoms with Crippen molar-refractivity contribution in [2.75, 3.05) is 0 Å². The number of rotatable bonds is 0. The SMILES string of the molecule is [C-]#[N+]c1nn2[c-]c1-c1ccccc1-c1[c-]n(nc1C#N)-c1cccc(n1)C(C)(C)c1cccc-2n1.[Pd+2]. The standard InChI is InChI=1S/C27H16N8.Pd/c1-27(2)22-10-6-12-24(30-22)34-15-19(21(14-28)32-34)17-8-4-5-9-18(17)20-16-35(33-26(20)29-3)25-13-7-11-23(27)31-25;/h4-13H,1-2H3;/q-2;+2. The van der Waals surface area contributed by atoms with E-state index >= 15 is 0 Å². The first kappa shape index (κ1) is 23.3. The maximum Gasteiger partial charge on any atom is 2.00 e. The maximum atomic E-state index is 9.88. The average Bonchev–Trinajstić information content (AvgIpc) is 3.53. The summed E-state index contributed by atoms with van der Waals surface area (Å²) in [6, 6.07) is 21.0. The molecule has 174 valence electrons. The Morgan fingerprint density at radius 1 is 0.833 bits per heavy atom. The van der Waals surface area contributed by atoms with E-state index in [-0.39, 0.29) is 31.9 Å². The van der Waals surface area contributed by atoms with Gasteiger partial charge in [0.2, 0.25) is 0 Å². The molecule has 1 aliphatic rings. The topological polar surface area (TPSA) is 89.6 Å². The molecule has 0 saturated carbocycles. The molecule has 0 radical (unpaired) electrons. The molecule has 1 aromatic carbocycles. The van der Waals surface area contributed by atoms with E-state index in [0.717, 1.165) is 11.4 Å². The van der Waals surface area contributed by atoms with Crippen molar-refractivity contribution in [2.24, 2.45) is 0 Å². The predicted octanol–water partition coefficient (Wildman–Crippen LogP) is 4.84. The molecule has 0 atom stereocenters. The van der Waals surface area contributed by atoms with Crippen LogP contribution in [0.5, 0.6) is 0 Å². The summed E-state index contributed by atoms with van der Waals surface area (Å²) in [6.07, 6.45) is 6.45. The third kappa shape index (κ3) is 3.54. The monoisotopic (exact) mass is 558 g/mol. The number of pyridine rings is 2. The molecule has 4 aromatic heterocycles. The first-order valence-corrected chi connectivity index (χ1v) is 10.9. The maximum absolute atomic E-state index is 9.88. The Balaban J connectivity index is 0.00000267. The first-order chi connectivity index (χ1) is 17.0. The molecule has 0 saturated heterocycles. The van der Waals surface area contributed by atoms with E-state index in [1.165, 1.54) is 9.36 Å². The van der Waals surface area contributed by atoms with Gasteiger partial charge in [-0.15, -0.1) is 23.3 Å². The van der Waals surface area contributed by atoms with Gasteiger partial charge in [0.15, 0.2) is 0 Å². The van der Waals surface area contributed by atoms with Crippen LogP contribution >= 0.6 is 0 Å². The fraction of sp³-hybridized carbons (Fsp3) is 0.111. The molecule has 0 N–H and O–H groups in total. The minimum Gasteiger partial charge on any atom is -0.315 e.